The zero-order valence-electron chi connectivity index (χ0n) is 12.8. The first-order valence-corrected chi connectivity index (χ1v) is 8.58. The van der Waals surface area contributed by atoms with Gasteiger partial charge in [0, 0.05) is 0 Å². The van der Waals surface area contributed by atoms with Crippen LogP contribution in [0.2, 0.25) is 0 Å². The summed E-state index contributed by atoms with van der Waals surface area (Å²) in [4.78, 5) is 11.3. The number of rotatable bonds is 13. The van der Waals surface area contributed by atoms with E-state index in [9.17, 15) is 4.79 Å². The Balaban J connectivity index is 0. The van der Waals surface area contributed by atoms with Crippen molar-refractivity contribution in [3.63, 3.8) is 0 Å². The number of carbonyl (C=O) groups is 1. The van der Waals surface area contributed by atoms with Crippen LogP contribution in [-0.4, -0.2) is 55.6 Å². The van der Waals surface area contributed by atoms with E-state index in [0.717, 1.165) is 12.8 Å². The van der Waals surface area contributed by atoms with Crippen molar-refractivity contribution in [2.24, 2.45) is 0 Å². The summed E-state index contributed by atoms with van der Waals surface area (Å²) in [7, 11) is 0. The Labute approximate surface area is 161 Å². The van der Waals surface area contributed by atoms with Crippen LogP contribution in [0.25, 0.3) is 0 Å². The molecule has 0 fully saturated rings. The third-order valence-corrected chi connectivity index (χ3v) is 3.86. The molecule has 4 heteroatoms. The second-order valence-electron chi connectivity index (χ2n) is 5.24. The predicted molar refractivity (Wildman–Crippen MR) is 94.4 cm³/mol. The van der Waals surface area contributed by atoms with E-state index in [1.807, 2.05) is 6.92 Å². The first-order valence-electron chi connectivity index (χ1n) is 8.07. The maximum atomic E-state index is 11.3. The van der Waals surface area contributed by atoms with Crippen LogP contribution in [0.3, 0.4) is 0 Å². The molecule has 0 aliphatic carbocycles. The minimum atomic E-state index is -0.228. The fourth-order valence-electron chi connectivity index (χ4n) is 2.18. The third kappa shape index (κ3) is 15.5. The summed E-state index contributed by atoms with van der Waals surface area (Å²) < 4.78 is 4.93. The van der Waals surface area contributed by atoms with Gasteiger partial charge in [0.1, 0.15) is 0 Å². The van der Waals surface area contributed by atoms with Gasteiger partial charge in [0.25, 0.3) is 0 Å². The summed E-state index contributed by atoms with van der Waals surface area (Å²) in [5.41, 5.74) is 0. The Morgan fingerprint density at radius 2 is 1.35 bits per heavy atom. The average Bonchev–Trinajstić information content (AvgIpc) is 2.41. The van der Waals surface area contributed by atoms with Gasteiger partial charge in [-0.15, -0.1) is 0 Å². The second-order valence-corrected chi connectivity index (χ2v) is 5.86. The molecule has 20 heavy (non-hydrogen) atoms. The quantitative estimate of drug-likeness (QED) is 0.236. The molecule has 0 amide bonds. The van der Waals surface area contributed by atoms with Crippen molar-refractivity contribution in [3.8, 4) is 0 Å². The molecule has 0 radical (unpaired) electrons. The number of carbonyl (C=O) groups excluding carboxylic acids is 1. The molecule has 0 aromatic heterocycles. The fourth-order valence-corrected chi connectivity index (χ4v) is 2.44. The summed E-state index contributed by atoms with van der Waals surface area (Å²) in [6.45, 7) is 4.54. The summed E-state index contributed by atoms with van der Waals surface area (Å²) in [6, 6.07) is 0. The average molecular weight is 331 g/mol. The molecule has 0 aromatic rings. The standard InChI is InChI=1S/C16H32O2S.Ca.2H/c1-3-5-6-7-8-9-10-11-12-13-14-15(19)16(17)18-4-2;;;/h15,19H,3-14H2,1-2H3;;;. The Bertz CT molecular complexity index is 213. The second kappa shape index (κ2) is 18.1. The number of ether oxygens (including phenoxy) is 1. The molecule has 1 unspecified atom stereocenters. The van der Waals surface area contributed by atoms with Gasteiger partial charge in [-0.1, -0.05) is 71.1 Å². The predicted octanol–water partition coefficient (Wildman–Crippen LogP) is 4.24. The number of thiol groups is 1. The molecule has 0 aliphatic rings. The number of esters is 1. The van der Waals surface area contributed by atoms with E-state index in [1.54, 1.807) is 0 Å². The molecule has 118 valence electrons. The molecule has 1 atom stereocenters. The summed E-state index contributed by atoms with van der Waals surface area (Å²) in [5.74, 6) is -0.165. The van der Waals surface area contributed by atoms with Crippen LogP contribution in [0.1, 0.15) is 84.5 Å². The van der Waals surface area contributed by atoms with Gasteiger partial charge in [-0.2, -0.15) is 12.6 Å². The van der Waals surface area contributed by atoms with Crippen molar-refractivity contribution in [2.45, 2.75) is 89.7 Å². The van der Waals surface area contributed by atoms with Gasteiger partial charge in [-0.3, -0.25) is 4.79 Å². The Kier molecular flexibility index (Phi) is 21.2. The molecule has 0 saturated carbocycles. The van der Waals surface area contributed by atoms with E-state index >= 15 is 0 Å². The number of hydrogen-bond acceptors (Lipinski definition) is 3. The van der Waals surface area contributed by atoms with Gasteiger partial charge in [-0.05, 0) is 13.3 Å². The van der Waals surface area contributed by atoms with Gasteiger partial charge in [0.05, 0.1) is 11.9 Å². The molecule has 0 saturated heterocycles. The summed E-state index contributed by atoms with van der Waals surface area (Å²) in [6.07, 6.45) is 14.0. The van der Waals surface area contributed by atoms with Crippen LogP contribution in [-0.2, 0) is 9.53 Å². The first-order chi connectivity index (χ1) is 9.22. The Hall–Kier alpha value is 1.08. The van der Waals surface area contributed by atoms with Crippen molar-refractivity contribution in [2.75, 3.05) is 6.61 Å². The van der Waals surface area contributed by atoms with Crippen molar-refractivity contribution in [3.05, 3.63) is 0 Å². The SMILES string of the molecule is CCCCCCCCCCCCC(S)C(=O)OCC.[CaH2]. The zero-order chi connectivity index (χ0) is 14.3. The Morgan fingerprint density at radius 1 is 0.900 bits per heavy atom. The number of hydrogen-bond donors (Lipinski definition) is 1. The van der Waals surface area contributed by atoms with E-state index in [0.29, 0.717) is 6.61 Å². The van der Waals surface area contributed by atoms with Crippen LogP contribution >= 0.6 is 12.6 Å². The van der Waals surface area contributed by atoms with Crippen LogP contribution in [0.5, 0.6) is 0 Å². The van der Waals surface area contributed by atoms with Crippen LogP contribution < -0.4 is 0 Å². The van der Waals surface area contributed by atoms with Crippen molar-refractivity contribution < 1.29 is 9.53 Å². The molecule has 0 aliphatic heterocycles. The maximum absolute atomic E-state index is 11.3. The van der Waals surface area contributed by atoms with Crippen molar-refractivity contribution in [1.82, 2.24) is 0 Å². The van der Waals surface area contributed by atoms with E-state index < -0.39 is 0 Å². The van der Waals surface area contributed by atoms with E-state index in [1.165, 1.54) is 57.8 Å². The third-order valence-electron chi connectivity index (χ3n) is 3.39. The normalized spacial score (nSPS) is 11.8. The van der Waals surface area contributed by atoms with E-state index in [4.69, 9.17) is 4.74 Å². The van der Waals surface area contributed by atoms with Gasteiger partial charge in [0.15, 0.2) is 0 Å². The number of unbranched alkanes of at least 4 members (excludes halogenated alkanes) is 9. The molecular formula is C16H34CaO2S. The van der Waals surface area contributed by atoms with Crippen LogP contribution in [0.15, 0.2) is 0 Å². The van der Waals surface area contributed by atoms with Crippen molar-refractivity contribution >= 4 is 56.3 Å². The summed E-state index contributed by atoms with van der Waals surface area (Å²) >= 11 is 4.28. The molecule has 0 N–H and O–H groups in total. The van der Waals surface area contributed by atoms with Crippen LogP contribution in [0, 0.1) is 0 Å². The van der Waals surface area contributed by atoms with Crippen molar-refractivity contribution in [1.29, 1.82) is 0 Å². The fraction of sp³-hybridized carbons (Fsp3) is 0.938. The van der Waals surface area contributed by atoms with E-state index in [-0.39, 0.29) is 49.0 Å². The monoisotopic (exact) mass is 330 g/mol. The molecule has 0 rings (SSSR count). The zero-order valence-corrected chi connectivity index (χ0v) is 13.7. The van der Waals surface area contributed by atoms with Gasteiger partial charge in [0.2, 0.25) is 0 Å². The molecule has 0 bridgehead atoms. The molecule has 0 spiro atoms. The molecule has 0 aromatic carbocycles. The molecule has 2 nitrogen and oxygen atoms in total. The van der Waals surface area contributed by atoms with Gasteiger partial charge in [-0.25, -0.2) is 0 Å². The van der Waals surface area contributed by atoms with E-state index in [2.05, 4.69) is 19.6 Å². The first kappa shape index (κ1) is 23.3. The van der Waals surface area contributed by atoms with Gasteiger partial charge >= 0.3 is 43.7 Å². The molecular weight excluding hydrogens is 296 g/mol. The topological polar surface area (TPSA) is 26.3 Å². The van der Waals surface area contributed by atoms with Crippen LogP contribution in [0.4, 0.5) is 0 Å². The molecule has 0 heterocycles. The summed E-state index contributed by atoms with van der Waals surface area (Å²) in [5, 5.41) is -0.228. The Morgan fingerprint density at radius 3 is 1.80 bits per heavy atom. The minimum absolute atomic E-state index is 0. The van der Waals surface area contributed by atoms with Gasteiger partial charge < -0.3 is 4.74 Å².